The zero-order valence-electron chi connectivity index (χ0n) is 20.5. The van der Waals surface area contributed by atoms with Crippen LogP contribution in [0.25, 0.3) is 0 Å². The zero-order chi connectivity index (χ0) is 25.7. The molecule has 1 aliphatic heterocycles. The number of Topliss-reactive ketones (excluding diaryl/α,β-unsaturated/α-hetero) is 1. The van der Waals surface area contributed by atoms with Gasteiger partial charge in [0.1, 0.15) is 17.3 Å². The molecule has 2 aromatic heterocycles. The van der Waals surface area contributed by atoms with Gasteiger partial charge in [-0.1, -0.05) is 12.1 Å². The van der Waals surface area contributed by atoms with Gasteiger partial charge in [0.2, 0.25) is 0 Å². The molecular weight excluding hydrogens is 471 g/mol. The molecule has 3 heterocycles. The summed E-state index contributed by atoms with van der Waals surface area (Å²) in [6.07, 6.45) is 0.464. The largest absolute Gasteiger partial charge is 0.466 e. The lowest BCUT2D eigenvalue weighted by molar-refractivity contribution is -0.145. The molecule has 2 fully saturated rings. The number of hydrogen-bond acceptors (Lipinski definition) is 6. The molecule has 2 aliphatic rings. The molecule has 0 aromatic carbocycles. The summed E-state index contributed by atoms with van der Waals surface area (Å²) >= 11 is 0. The molecule has 194 valence electrons. The monoisotopic (exact) mass is 503 g/mol. The van der Waals surface area contributed by atoms with E-state index in [1.807, 2.05) is 18.2 Å². The molecule has 4 rings (SSSR count). The van der Waals surface area contributed by atoms with E-state index in [4.69, 9.17) is 9.72 Å². The van der Waals surface area contributed by atoms with Crippen molar-refractivity contribution in [3.63, 3.8) is 0 Å². The summed E-state index contributed by atoms with van der Waals surface area (Å²) in [5.74, 6) is -1.27. The van der Waals surface area contributed by atoms with E-state index in [0.29, 0.717) is 25.7 Å². The normalized spacial score (nSPS) is 22.6. The van der Waals surface area contributed by atoms with Gasteiger partial charge in [-0.3, -0.25) is 14.6 Å². The Morgan fingerprint density at radius 2 is 1.92 bits per heavy atom. The molecule has 0 amide bonds. The van der Waals surface area contributed by atoms with Crippen molar-refractivity contribution in [3.05, 3.63) is 53.5 Å². The Kier molecular flexibility index (Phi) is 8.26. The molecule has 0 bridgehead atoms. The van der Waals surface area contributed by atoms with Crippen LogP contribution in [0, 0.1) is 11.8 Å². The van der Waals surface area contributed by atoms with Gasteiger partial charge in [-0.25, -0.2) is 4.98 Å². The summed E-state index contributed by atoms with van der Waals surface area (Å²) in [7, 11) is 0. The third kappa shape index (κ3) is 6.05. The maximum atomic E-state index is 13.8. The summed E-state index contributed by atoms with van der Waals surface area (Å²) < 4.78 is 46.1. The number of alkyl halides is 3. The molecule has 0 radical (unpaired) electrons. The first-order valence-corrected chi connectivity index (χ1v) is 12.7. The van der Waals surface area contributed by atoms with Gasteiger partial charge in [-0.15, -0.1) is 0 Å². The standard InChI is InChI=1S/C27H32F3N3O3/c1-2-36-24(34)13-11-18-10-12-20(21-8-6-14-31-26(21)27(28,29)30)25(35)22(18)17-19-7-5-9-23(32-19)33-15-3-4-16-33/h5-9,14,18,20,22H,2-4,10-13,15-17H2,1H3. The van der Waals surface area contributed by atoms with Gasteiger partial charge in [0.25, 0.3) is 0 Å². The average molecular weight is 504 g/mol. The predicted octanol–water partition coefficient (Wildman–Crippen LogP) is 5.36. The number of nitrogens with zero attached hydrogens (tertiary/aromatic N) is 3. The van der Waals surface area contributed by atoms with Crippen molar-refractivity contribution >= 4 is 17.6 Å². The van der Waals surface area contributed by atoms with Gasteiger partial charge >= 0.3 is 12.1 Å². The van der Waals surface area contributed by atoms with Crippen LogP contribution in [0.5, 0.6) is 0 Å². The summed E-state index contributed by atoms with van der Waals surface area (Å²) in [4.78, 5) is 36.3. The molecule has 6 nitrogen and oxygen atoms in total. The average Bonchev–Trinajstić information content (AvgIpc) is 3.40. The number of halogens is 3. The van der Waals surface area contributed by atoms with Gasteiger partial charge in [-0.05, 0) is 75.1 Å². The molecule has 2 aromatic rings. The Labute approximate surface area is 209 Å². The highest BCUT2D eigenvalue weighted by atomic mass is 19.4. The third-order valence-corrected chi connectivity index (χ3v) is 7.26. The predicted molar refractivity (Wildman–Crippen MR) is 128 cm³/mol. The minimum Gasteiger partial charge on any atom is -0.466 e. The van der Waals surface area contributed by atoms with Gasteiger partial charge < -0.3 is 9.64 Å². The quantitative estimate of drug-likeness (QED) is 0.452. The molecule has 0 N–H and O–H groups in total. The fourth-order valence-corrected chi connectivity index (χ4v) is 5.54. The number of hydrogen-bond donors (Lipinski definition) is 0. The second-order valence-corrected chi connectivity index (χ2v) is 9.57. The van der Waals surface area contributed by atoms with E-state index in [1.54, 1.807) is 6.92 Å². The molecule has 9 heteroatoms. The highest BCUT2D eigenvalue weighted by Gasteiger charge is 2.43. The fourth-order valence-electron chi connectivity index (χ4n) is 5.54. The summed E-state index contributed by atoms with van der Waals surface area (Å²) in [5.41, 5.74) is -0.328. The number of carbonyl (C=O) groups excluding carboxylic acids is 2. The van der Waals surface area contributed by atoms with Crippen molar-refractivity contribution in [1.29, 1.82) is 0 Å². The van der Waals surface area contributed by atoms with E-state index in [-0.39, 0.29) is 36.3 Å². The lowest BCUT2D eigenvalue weighted by atomic mass is 9.67. The number of rotatable bonds is 8. The van der Waals surface area contributed by atoms with E-state index < -0.39 is 23.7 Å². The topological polar surface area (TPSA) is 72.4 Å². The molecule has 36 heavy (non-hydrogen) atoms. The van der Waals surface area contributed by atoms with Crippen LogP contribution in [-0.4, -0.2) is 41.4 Å². The summed E-state index contributed by atoms with van der Waals surface area (Å²) in [5, 5.41) is 0. The maximum absolute atomic E-state index is 13.8. The van der Waals surface area contributed by atoms with E-state index in [9.17, 15) is 22.8 Å². The second kappa shape index (κ2) is 11.4. The number of esters is 1. The van der Waals surface area contributed by atoms with Gasteiger partial charge in [0, 0.05) is 43.2 Å². The highest BCUT2D eigenvalue weighted by molar-refractivity contribution is 5.89. The fraction of sp³-hybridized carbons (Fsp3) is 0.556. The third-order valence-electron chi connectivity index (χ3n) is 7.26. The van der Waals surface area contributed by atoms with Crippen LogP contribution in [0.1, 0.15) is 68.3 Å². The van der Waals surface area contributed by atoms with E-state index in [2.05, 4.69) is 9.88 Å². The van der Waals surface area contributed by atoms with Gasteiger partial charge in [0.15, 0.2) is 0 Å². The van der Waals surface area contributed by atoms with Crippen LogP contribution in [0.3, 0.4) is 0 Å². The number of anilines is 1. The van der Waals surface area contributed by atoms with Crippen LogP contribution in [0.4, 0.5) is 19.0 Å². The first kappa shape index (κ1) is 26.1. The van der Waals surface area contributed by atoms with Crippen molar-refractivity contribution in [1.82, 2.24) is 9.97 Å². The molecule has 1 aliphatic carbocycles. The zero-order valence-corrected chi connectivity index (χ0v) is 20.5. The first-order valence-electron chi connectivity index (χ1n) is 12.7. The maximum Gasteiger partial charge on any atom is 0.433 e. The van der Waals surface area contributed by atoms with Crippen molar-refractivity contribution in [2.75, 3.05) is 24.6 Å². The Morgan fingerprint density at radius 1 is 1.14 bits per heavy atom. The van der Waals surface area contributed by atoms with Crippen molar-refractivity contribution < 1.29 is 27.5 Å². The Balaban J connectivity index is 1.60. The van der Waals surface area contributed by atoms with E-state index >= 15 is 0 Å². The number of aromatic nitrogens is 2. The first-order chi connectivity index (χ1) is 17.3. The van der Waals surface area contributed by atoms with Crippen LogP contribution in [0.15, 0.2) is 36.5 Å². The molecular formula is C27H32F3N3O3. The number of ether oxygens (including phenoxy) is 1. The van der Waals surface area contributed by atoms with Gasteiger partial charge in [-0.2, -0.15) is 13.2 Å². The molecule has 1 saturated heterocycles. The minimum atomic E-state index is -4.64. The molecule has 0 spiro atoms. The van der Waals surface area contributed by atoms with E-state index in [1.165, 1.54) is 12.1 Å². The number of carbonyl (C=O) groups is 2. The van der Waals surface area contributed by atoms with Gasteiger partial charge in [0.05, 0.1) is 6.61 Å². The SMILES string of the molecule is CCOC(=O)CCC1CCC(c2cccnc2C(F)(F)F)C(=O)C1Cc1cccc(N2CCCC2)n1. The van der Waals surface area contributed by atoms with Crippen molar-refractivity contribution in [2.45, 2.75) is 64.0 Å². The van der Waals surface area contributed by atoms with E-state index in [0.717, 1.165) is 43.6 Å². The van der Waals surface area contributed by atoms with Crippen molar-refractivity contribution in [2.24, 2.45) is 11.8 Å². The van der Waals surface area contributed by atoms with Crippen LogP contribution in [0.2, 0.25) is 0 Å². The van der Waals surface area contributed by atoms with Crippen LogP contribution >= 0.6 is 0 Å². The summed E-state index contributed by atoms with van der Waals surface area (Å²) in [6.45, 7) is 3.89. The Morgan fingerprint density at radius 3 is 2.64 bits per heavy atom. The molecule has 3 atom stereocenters. The molecule has 1 saturated carbocycles. The van der Waals surface area contributed by atoms with Crippen molar-refractivity contribution in [3.8, 4) is 0 Å². The van der Waals surface area contributed by atoms with Crippen LogP contribution in [-0.2, 0) is 26.9 Å². The summed E-state index contributed by atoms with van der Waals surface area (Å²) in [6, 6.07) is 8.53. The smallest absolute Gasteiger partial charge is 0.433 e. The Hall–Kier alpha value is -2.97. The Bertz CT molecular complexity index is 1070. The lowest BCUT2D eigenvalue weighted by Crippen LogP contribution is -2.37. The number of ketones is 1. The minimum absolute atomic E-state index is 0.0670. The molecule has 3 unspecified atom stereocenters. The second-order valence-electron chi connectivity index (χ2n) is 9.57. The number of pyridine rings is 2. The lowest BCUT2D eigenvalue weighted by Gasteiger charge is -2.36. The highest BCUT2D eigenvalue weighted by Crippen LogP contribution is 2.43. The van der Waals surface area contributed by atoms with Crippen LogP contribution < -0.4 is 4.90 Å².